The molecule has 0 atom stereocenters. The molecule has 96 valence electrons. The lowest BCUT2D eigenvalue weighted by Crippen LogP contribution is -2.05. The van der Waals surface area contributed by atoms with E-state index in [1.165, 1.54) is 11.3 Å². The molecule has 1 aromatic carbocycles. The van der Waals surface area contributed by atoms with Gasteiger partial charge in [-0.15, -0.1) is 0 Å². The minimum atomic E-state index is 0.424. The van der Waals surface area contributed by atoms with E-state index in [2.05, 4.69) is 25.2 Å². The fourth-order valence-electron chi connectivity index (χ4n) is 2.53. The number of nitrogens with zero attached hydrogens (tertiary/aromatic N) is 3. The zero-order chi connectivity index (χ0) is 13.4. The molecule has 0 bridgehead atoms. The summed E-state index contributed by atoms with van der Waals surface area (Å²) in [5, 5.41) is 17.0. The fraction of sp³-hybridized carbons (Fsp3) is 0.333. The van der Waals surface area contributed by atoms with E-state index < -0.39 is 0 Å². The summed E-state index contributed by atoms with van der Waals surface area (Å²) < 4.78 is 1.96. The molecule has 0 saturated heterocycles. The Morgan fingerprint density at radius 3 is 2.68 bits per heavy atom. The minimum absolute atomic E-state index is 0.424. The van der Waals surface area contributed by atoms with Gasteiger partial charge in [0.25, 0.3) is 0 Å². The Balaban J connectivity index is 2.10. The van der Waals surface area contributed by atoms with Gasteiger partial charge in [0, 0.05) is 12.1 Å². The lowest BCUT2D eigenvalue weighted by Gasteiger charge is -2.06. The number of nitrogens with one attached hydrogen (secondary N) is 1. The molecule has 2 heterocycles. The van der Waals surface area contributed by atoms with Gasteiger partial charge in [0.1, 0.15) is 5.82 Å². The van der Waals surface area contributed by atoms with E-state index in [0.29, 0.717) is 11.5 Å². The Labute approximate surface area is 112 Å². The van der Waals surface area contributed by atoms with E-state index in [0.717, 1.165) is 24.5 Å². The highest BCUT2D eigenvalue weighted by molar-refractivity contribution is 5.58. The van der Waals surface area contributed by atoms with Gasteiger partial charge in [-0.2, -0.15) is 10.4 Å². The molecular weight excluding hydrogens is 236 g/mol. The summed E-state index contributed by atoms with van der Waals surface area (Å²) in [6.45, 7) is 5.32. The van der Waals surface area contributed by atoms with Crippen LogP contribution in [-0.2, 0) is 6.42 Å². The molecule has 0 radical (unpaired) electrons. The van der Waals surface area contributed by atoms with Crippen molar-refractivity contribution in [2.45, 2.75) is 26.2 Å². The molecule has 1 N–H and O–H groups in total. The predicted molar refractivity (Wildman–Crippen MR) is 74.6 cm³/mol. The fourth-order valence-corrected chi connectivity index (χ4v) is 2.53. The third-order valence-corrected chi connectivity index (χ3v) is 3.47. The molecule has 1 aliphatic rings. The summed E-state index contributed by atoms with van der Waals surface area (Å²) in [6, 6.07) is 9.67. The highest BCUT2D eigenvalue weighted by Crippen LogP contribution is 2.32. The molecule has 0 fully saturated rings. The van der Waals surface area contributed by atoms with Crippen molar-refractivity contribution in [2.75, 3.05) is 11.9 Å². The highest BCUT2D eigenvalue weighted by atomic mass is 15.3. The van der Waals surface area contributed by atoms with Crippen molar-refractivity contribution < 1.29 is 0 Å². The average molecular weight is 252 g/mol. The monoisotopic (exact) mass is 252 g/mol. The number of aromatic nitrogens is 2. The largest absolute Gasteiger partial charge is 0.369 e. The van der Waals surface area contributed by atoms with Crippen LogP contribution in [0.3, 0.4) is 0 Å². The number of hydrogen-bond donors (Lipinski definition) is 1. The van der Waals surface area contributed by atoms with Crippen LogP contribution < -0.4 is 5.32 Å². The van der Waals surface area contributed by atoms with E-state index in [1.54, 1.807) is 0 Å². The zero-order valence-electron chi connectivity index (χ0n) is 11.1. The van der Waals surface area contributed by atoms with Gasteiger partial charge in [-0.25, -0.2) is 4.68 Å². The van der Waals surface area contributed by atoms with Gasteiger partial charge in [-0.05, 0) is 36.6 Å². The summed E-state index contributed by atoms with van der Waals surface area (Å²) in [5.74, 6) is 1.53. The summed E-state index contributed by atoms with van der Waals surface area (Å²) in [7, 11) is 0. The maximum absolute atomic E-state index is 8.85. The van der Waals surface area contributed by atoms with E-state index in [-0.39, 0.29) is 0 Å². The average Bonchev–Trinajstić information content (AvgIpc) is 3.00. The Bertz CT molecular complexity index is 644. The number of anilines is 1. The predicted octanol–water partition coefficient (Wildman–Crippen LogP) is 2.84. The van der Waals surface area contributed by atoms with Crippen molar-refractivity contribution in [1.82, 2.24) is 9.78 Å². The van der Waals surface area contributed by atoms with Crippen LogP contribution >= 0.6 is 0 Å². The Hall–Kier alpha value is -2.28. The summed E-state index contributed by atoms with van der Waals surface area (Å²) in [4.78, 5) is 0. The second-order valence-electron chi connectivity index (χ2n) is 5.11. The molecule has 0 saturated carbocycles. The molecule has 4 heteroatoms. The van der Waals surface area contributed by atoms with Gasteiger partial charge in [0.2, 0.25) is 0 Å². The molecule has 0 spiro atoms. The molecule has 19 heavy (non-hydrogen) atoms. The maximum Gasteiger partial charge on any atom is 0.133 e. The quantitative estimate of drug-likeness (QED) is 0.894. The van der Waals surface area contributed by atoms with Crippen LogP contribution in [-0.4, -0.2) is 16.3 Å². The van der Waals surface area contributed by atoms with Gasteiger partial charge in [-0.3, -0.25) is 0 Å². The molecular formula is C15H16N4. The van der Waals surface area contributed by atoms with Crippen LogP contribution in [0.5, 0.6) is 0 Å². The molecule has 2 aromatic rings. The third-order valence-electron chi connectivity index (χ3n) is 3.47. The molecule has 1 aromatic heterocycles. The number of rotatable bonds is 2. The van der Waals surface area contributed by atoms with Crippen molar-refractivity contribution in [3.8, 4) is 11.8 Å². The van der Waals surface area contributed by atoms with Crippen LogP contribution in [0.1, 0.15) is 36.6 Å². The highest BCUT2D eigenvalue weighted by Gasteiger charge is 2.24. The first-order chi connectivity index (χ1) is 9.20. The summed E-state index contributed by atoms with van der Waals surface area (Å²) >= 11 is 0. The second-order valence-corrected chi connectivity index (χ2v) is 5.11. The van der Waals surface area contributed by atoms with E-state index in [4.69, 9.17) is 10.4 Å². The standard InChI is InChI=1S/C15H16N4/c1-10(2)14-13-7-8-17-15(13)19(18-14)12-5-3-11(9-16)4-6-12/h3-6,10,17H,7-8H2,1-2H3. The van der Waals surface area contributed by atoms with Gasteiger partial charge in [0.05, 0.1) is 23.0 Å². The van der Waals surface area contributed by atoms with Gasteiger partial charge >= 0.3 is 0 Å². The Morgan fingerprint density at radius 1 is 1.32 bits per heavy atom. The number of hydrogen-bond acceptors (Lipinski definition) is 3. The summed E-state index contributed by atoms with van der Waals surface area (Å²) in [6.07, 6.45) is 1.04. The molecule has 0 aliphatic carbocycles. The minimum Gasteiger partial charge on any atom is -0.369 e. The molecule has 3 rings (SSSR count). The zero-order valence-corrected chi connectivity index (χ0v) is 11.1. The smallest absolute Gasteiger partial charge is 0.133 e. The first kappa shape index (κ1) is 11.8. The Morgan fingerprint density at radius 2 is 2.05 bits per heavy atom. The SMILES string of the molecule is CC(C)c1nn(-c2ccc(C#N)cc2)c2c1CCN2. The number of fused-ring (bicyclic) bond motifs is 1. The topological polar surface area (TPSA) is 53.6 Å². The third kappa shape index (κ3) is 1.88. The van der Waals surface area contributed by atoms with Crippen molar-refractivity contribution >= 4 is 5.82 Å². The second kappa shape index (κ2) is 4.43. The van der Waals surface area contributed by atoms with Crippen molar-refractivity contribution in [1.29, 1.82) is 5.26 Å². The first-order valence-corrected chi connectivity index (χ1v) is 6.57. The van der Waals surface area contributed by atoms with Gasteiger partial charge < -0.3 is 5.32 Å². The van der Waals surface area contributed by atoms with Crippen LogP contribution in [0.4, 0.5) is 5.82 Å². The molecule has 0 amide bonds. The molecule has 0 unspecified atom stereocenters. The Kier molecular flexibility index (Phi) is 2.75. The van der Waals surface area contributed by atoms with E-state index >= 15 is 0 Å². The lowest BCUT2D eigenvalue weighted by atomic mass is 10.1. The van der Waals surface area contributed by atoms with Crippen LogP contribution in [0.2, 0.25) is 0 Å². The molecule has 1 aliphatic heterocycles. The maximum atomic E-state index is 8.85. The van der Waals surface area contributed by atoms with Gasteiger partial charge in [-0.1, -0.05) is 13.8 Å². The van der Waals surface area contributed by atoms with Crippen LogP contribution in [0, 0.1) is 11.3 Å². The molecule has 4 nitrogen and oxygen atoms in total. The summed E-state index contributed by atoms with van der Waals surface area (Å²) in [5.41, 5.74) is 4.17. The lowest BCUT2D eigenvalue weighted by molar-refractivity contribution is 0.756. The van der Waals surface area contributed by atoms with E-state index in [9.17, 15) is 0 Å². The number of benzene rings is 1. The van der Waals surface area contributed by atoms with E-state index in [1.807, 2.05) is 28.9 Å². The van der Waals surface area contributed by atoms with Crippen molar-refractivity contribution in [3.63, 3.8) is 0 Å². The normalized spacial score (nSPS) is 13.2. The number of nitriles is 1. The van der Waals surface area contributed by atoms with Crippen LogP contribution in [0.25, 0.3) is 5.69 Å². The van der Waals surface area contributed by atoms with Crippen LogP contribution in [0.15, 0.2) is 24.3 Å². The van der Waals surface area contributed by atoms with Crippen molar-refractivity contribution in [3.05, 3.63) is 41.1 Å². The van der Waals surface area contributed by atoms with Gasteiger partial charge in [0.15, 0.2) is 0 Å². The van der Waals surface area contributed by atoms with Crippen molar-refractivity contribution in [2.24, 2.45) is 0 Å². The first-order valence-electron chi connectivity index (χ1n) is 6.57.